The third kappa shape index (κ3) is 6.97. The highest BCUT2D eigenvalue weighted by atomic mass is 32.1. The molecule has 1 fully saturated rings. The molecule has 0 aliphatic carbocycles. The van der Waals surface area contributed by atoms with Crippen molar-refractivity contribution in [2.45, 2.75) is 38.5 Å². The van der Waals surface area contributed by atoms with Crippen molar-refractivity contribution in [1.29, 1.82) is 0 Å². The molecule has 7 heteroatoms. The minimum Gasteiger partial charge on any atom is -0.368 e. The van der Waals surface area contributed by atoms with E-state index >= 15 is 0 Å². The Morgan fingerprint density at radius 2 is 1.91 bits per heavy atom. The number of thiophene rings is 1. The number of carbonyl (C=O) groups is 2. The molecule has 2 aromatic heterocycles. The third-order valence-corrected chi connectivity index (χ3v) is 6.62. The molecule has 2 amide bonds. The lowest BCUT2D eigenvalue weighted by atomic mass is 10.2. The second-order valence-corrected chi connectivity index (χ2v) is 9.25. The van der Waals surface area contributed by atoms with E-state index in [2.05, 4.69) is 16.4 Å². The number of carbonyl (C=O) groups excluding carboxylic acids is 2. The normalized spacial score (nSPS) is 16.6. The second kappa shape index (κ2) is 11.7. The van der Waals surface area contributed by atoms with Crippen LogP contribution >= 0.6 is 11.3 Å². The molecule has 4 rings (SSSR count). The molecule has 3 aromatic rings. The van der Waals surface area contributed by atoms with Crippen molar-refractivity contribution < 1.29 is 14.3 Å². The van der Waals surface area contributed by atoms with Crippen molar-refractivity contribution in [1.82, 2.24) is 14.8 Å². The van der Waals surface area contributed by atoms with Crippen molar-refractivity contribution in [3.05, 3.63) is 88.4 Å². The predicted molar refractivity (Wildman–Crippen MR) is 129 cm³/mol. The maximum Gasteiger partial charge on any atom is 0.242 e. The first-order chi connectivity index (χ1) is 16.2. The Balaban J connectivity index is 1.41. The zero-order chi connectivity index (χ0) is 22.9. The Labute approximate surface area is 198 Å². The van der Waals surface area contributed by atoms with E-state index < -0.39 is 0 Å². The fraction of sp³-hybridized carbons (Fsp3) is 0.346. The lowest BCUT2D eigenvalue weighted by molar-refractivity contribution is -0.139. The van der Waals surface area contributed by atoms with Crippen LogP contribution in [0.5, 0.6) is 0 Å². The van der Waals surface area contributed by atoms with Gasteiger partial charge in [0.15, 0.2) is 0 Å². The second-order valence-electron chi connectivity index (χ2n) is 8.22. The molecule has 1 aliphatic rings. The summed E-state index contributed by atoms with van der Waals surface area (Å²) >= 11 is 1.71. The summed E-state index contributed by atoms with van der Waals surface area (Å²) in [7, 11) is 0. The molecule has 6 nitrogen and oxygen atoms in total. The summed E-state index contributed by atoms with van der Waals surface area (Å²) in [6, 6.07) is 19.7. The van der Waals surface area contributed by atoms with E-state index in [4.69, 9.17) is 4.74 Å². The van der Waals surface area contributed by atoms with E-state index in [1.54, 1.807) is 27.3 Å². The fourth-order valence-corrected chi connectivity index (χ4v) is 4.70. The average molecular weight is 464 g/mol. The average Bonchev–Trinajstić information content (AvgIpc) is 3.30. The molecule has 33 heavy (non-hydrogen) atoms. The molecule has 0 spiro atoms. The first-order valence-electron chi connectivity index (χ1n) is 11.3. The lowest BCUT2D eigenvalue weighted by Gasteiger charge is -2.25. The molecule has 1 aliphatic heterocycles. The number of benzene rings is 1. The number of ether oxygens (including phenoxy) is 1. The Hall–Kier alpha value is -3.03. The summed E-state index contributed by atoms with van der Waals surface area (Å²) in [5, 5.41) is 2.05. The van der Waals surface area contributed by atoms with E-state index in [0.717, 1.165) is 24.1 Å². The number of aryl methyl sites for hydroxylation is 1. The van der Waals surface area contributed by atoms with Gasteiger partial charge in [0.05, 0.1) is 24.9 Å². The molecule has 0 unspecified atom stereocenters. The minimum absolute atomic E-state index is 0.00732. The largest absolute Gasteiger partial charge is 0.368 e. The Morgan fingerprint density at radius 1 is 1.06 bits per heavy atom. The van der Waals surface area contributed by atoms with Crippen LogP contribution in [0, 0.1) is 0 Å². The van der Waals surface area contributed by atoms with Gasteiger partial charge < -0.3 is 14.5 Å². The van der Waals surface area contributed by atoms with Gasteiger partial charge in [0, 0.05) is 37.1 Å². The van der Waals surface area contributed by atoms with Gasteiger partial charge >= 0.3 is 0 Å². The van der Waals surface area contributed by atoms with Crippen LogP contribution in [0.3, 0.4) is 0 Å². The fourth-order valence-electron chi connectivity index (χ4n) is 3.94. The highest BCUT2D eigenvalue weighted by Crippen LogP contribution is 2.16. The van der Waals surface area contributed by atoms with Crippen LogP contribution in [0.15, 0.2) is 72.2 Å². The molecular weight excluding hydrogens is 434 g/mol. The number of aromatic nitrogens is 1. The standard InChI is InChI=1S/C26H29N3O3S/c30-25(13-6-11-24-12-7-15-33-24)29-18-23(32-20-22-10-4-5-14-27-22)17-28(26(31)19-29)16-21-8-2-1-3-9-21/h1-5,7-10,12,14-15,23H,6,11,13,16-20H2/t23-/m0/s1. The number of pyridine rings is 1. The Kier molecular flexibility index (Phi) is 8.22. The molecule has 1 aromatic carbocycles. The zero-order valence-electron chi connectivity index (χ0n) is 18.6. The minimum atomic E-state index is -0.275. The van der Waals surface area contributed by atoms with E-state index in [0.29, 0.717) is 32.7 Å². The molecule has 0 radical (unpaired) electrons. The zero-order valence-corrected chi connectivity index (χ0v) is 19.5. The first kappa shape index (κ1) is 23.1. The third-order valence-electron chi connectivity index (χ3n) is 5.68. The van der Waals surface area contributed by atoms with E-state index in [9.17, 15) is 9.59 Å². The van der Waals surface area contributed by atoms with Crippen LogP contribution in [0.1, 0.15) is 29.0 Å². The SMILES string of the molecule is O=C(CCCc1cccs1)N1CC(=O)N(Cc2ccccc2)C[C@H](OCc2ccccn2)C1. The molecule has 0 saturated carbocycles. The molecule has 172 valence electrons. The Bertz CT molecular complexity index is 1010. The number of hydrogen-bond acceptors (Lipinski definition) is 5. The number of nitrogens with zero attached hydrogens (tertiary/aromatic N) is 3. The maximum absolute atomic E-state index is 13.1. The summed E-state index contributed by atoms with van der Waals surface area (Å²) in [4.78, 5) is 35.2. The van der Waals surface area contributed by atoms with Gasteiger partial charge in [0.25, 0.3) is 0 Å². The van der Waals surface area contributed by atoms with Gasteiger partial charge in [-0.2, -0.15) is 0 Å². The molecule has 0 N–H and O–H groups in total. The van der Waals surface area contributed by atoms with Crippen LogP contribution in [-0.4, -0.2) is 52.3 Å². The Morgan fingerprint density at radius 3 is 2.67 bits per heavy atom. The highest BCUT2D eigenvalue weighted by molar-refractivity contribution is 7.09. The van der Waals surface area contributed by atoms with E-state index in [1.807, 2.05) is 54.6 Å². The van der Waals surface area contributed by atoms with Crippen LogP contribution in [0.25, 0.3) is 0 Å². The van der Waals surface area contributed by atoms with Gasteiger partial charge in [-0.05, 0) is 42.0 Å². The maximum atomic E-state index is 13.1. The van der Waals surface area contributed by atoms with Crippen LogP contribution in [0.4, 0.5) is 0 Å². The van der Waals surface area contributed by atoms with Crippen molar-refractivity contribution in [3.8, 4) is 0 Å². The summed E-state index contributed by atoms with van der Waals surface area (Å²) in [6.45, 7) is 1.79. The summed E-state index contributed by atoms with van der Waals surface area (Å²) in [6.07, 6.45) is 3.54. The molecule has 1 saturated heterocycles. The van der Waals surface area contributed by atoms with Gasteiger partial charge in [0.1, 0.15) is 0 Å². The summed E-state index contributed by atoms with van der Waals surface area (Å²) in [5.41, 5.74) is 1.89. The number of amides is 2. The van der Waals surface area contributed by atoms with Crippen molar-refractivity contribution in [2.24, 2.45) is 0 Å². The van der Waals surface area contributed by atoms with Gasteiger partial charge in [-0.3, -0.25) is 14.6 Å². The first-order valence-corrected chi connectivity index (χ1v) is 12.2. The number of rotatable bonds is 9. The van der Waals surface area contributed by atoms with E-state index in [-0.39, 0.29) is 24.5 Å². The number of hydrogen-bond donors (Lipinski definition) is 0. The molecule has 0 bridgehead atoms. The molecular formula is C26H29N3O3S. The van der Waals surface area contributed by atoms with Gasteiger partial charge in [-0.15, -0.1) is 11.3 Å². The van der Waals surface area contributed by atoms with Gasteiger partial charge in [0.2, 0.25) is 11.8 Å². The van der Waals surface area contributed by atoms with E-state index in [1.165, 1.54) is 4.88 Å². The highest BCUT2D eigenvalue weighted by Gasteiger charge is 2.30. The molecule has 3 heterocycles. The summed E-state index contributed by atoms with van der Waals surface area (Å²) in [5.74, 6) is -0.0395. The van der Waals surface area contributed by atoms with Crippen LogP contribution < -0.4 is 0 Å². The van der Waals surface area contributed by atoms with Crippen molar-refractivity contribution in [3.63, 3.8) is 0 Å². The van der Waals surface area contributed by atoms with Gasteiger partial charge in [-0.25, -0.2) is 0 Å². The monoisotopic (exact) mass is 463 g/mol. The van der Waals surface area contributed by atoms with Gasteiger partial charge in [-0.1, -0.05) is 42.5 Å². The summed E-state index contributed by atoms with van der Waals surface area (Å²) < 4.78 is 6.16. The quantitative estimate of drug-likeness (QED) is 0.483. The van der Waals surface area contributed by atoms with Crippen molar-refractivity contribution in [2.75, 3.05) is 19.6 Å². The lowest BCUT2D eigenvalue weighted by Crippen LogP contribution is -2.39. The predicted octanol–water partition coefficient (Wildman–Crippen LogP) is 3.92. The molecule has 1 atom stereocenters. The van der Waals surface area contributed by atoms with Crippen molar-refractivity contribution >= 4 is 23.2 Å². The van der Waals surface area contributed by atoms with Crippen LogP contribution in [0.2, 0.25) is 0 Å². The van der Waals surface area contributed by atoms with Crippen LogP contribution in [-0.2, 0) is 33.9 Å². The smallest absolute Gasteiger partial charge is 0.242 e. The topological polar surface area (TPSA) is 62.7 Å².